The quantitative estimate of drug-likeness (QED) is 0.280. The van der Waals surface area contributed by atoms with Crippen LogP contribution in [0.3, 0.4) is 0 Å². The predicted octanol–water partition coefficient (Wildman–Crippen LogP) is 0.163. The normalized spacial score (nSPS) is 26.0. The fourth-order valence-electron chi connectivity index (χ4n) is 3.33. The number of aliphatic hydroxyl groups is 3. The smallest absolute Gasteiger partial charge is 0.208 e. The molecule has 3 rings (SSSR count). The lowest BCUT2D eigenvalue weighted by Crippen LogP contribution is -2.87. The number of allylic oxidation sites excluding steroid dienone is 1. The Morgan fingerprint density at radius 2 is 1.88 bits per heavy atom. The van der Waals surface area contributed by atoms with Crippen LogP contribution in [0.15, 0.2) is 47.5 Å². The molecule has 1 aliphatic rings. The van der Waals surface area contributed by atoms with E-state index in [0.717, 1.165) is 30.1 Å². The minimum atomic E-state index is -1.61. The number of nitrogens with one attached hydrogen (secondary N) is 1. The summed E-state index contributed by atoms with van der Waals surface area (Å²) >= 11 is 1.16. The van der Waals surface area contributed by atoms with Crippen LogP contribution in [0.5, 0.6) is 5.75 Å². The lowest BCUT2D eigenvalue weighted by molar-refractivity contribution is -0.537. The maximum atomic E-state index is 13.6. The van der Waals surface area contributed by atoms with Crippen molar-refractivity contribution in [3.8, 4) is 5.75 Å². The highest BCUT2D eigenvalue weighted by Crippen LogP contribution is 2.33. The summed E-state index contributed by atoms with van der Waals surface area (Å²) in [6.07, 6.45) is -1.35. The SMILES string of the molecule is COc1cccc(S[C@H]2OC(CO)[C@H](O)C([NH+]=CC(=CN)c3cc(F)c(F)c(F)c3)C2O)c1. The maximum Gasteiger partial charge on any atom is 0.208 e. The molecule has 0 radical (unpaired) electrons. The molecule has 1 fully saturated rings. The van der Waals surface area contributed by atoms with Gasteiger partial charge in [-0.05, 0) is 35.9 Å². The van der Waals surface area contributed by atoms with Crippen LogP contribution < -0.4 is 15.5 Å². The Hall–Kier alpha value is -2.57. The van der Waals surface area contributed by atoms with E-state index in [9.17, 15) is 28.5 Å². The van der Waals surface area contributed by atoms with Gasteiger partial charge in [-0.15, -0.1) is 0 Å². The highest BCUT2D eigenvalue weighted by atomic mass is 32.2. The summed E-state index contributed by atoms with van der Waals surface area (Å²) in [6.45, 7) is -0.519. The number of methoxy groups -OCH3 is 1. The number of thioether (sulfide) groups is 1. The van der Waals surface area contributed by atoms with E-state index in [-0.39, 0.29) is 11.1 Å². The number of halogens is 3. The van der Waals surface area contributed by atoms with Crippen molar-refractivity contribution in [3.05, 3.63) is 65.6 Å². The first kappa shape index (κ1) is 25.1. The zero-order chi connectivity index (χ0) is 24.1. The van der Waals surface area contributed by atoms with Gasteiger partial charge in [0.25, 0.3) is 0 Å². The van der Waals surface area contributed by atoms with Crippen LogP contribution in [0.2, 0.25) is 0 Å². The summed E-state index contributed by atoms with van der Waals surface area (Å²) in [5, 5.41) is 31.1. The first-order chi connectivity index (χ1) is 15.8. The van der Waals surface area contributed by atoms with Crippen molar-refractivity contribution in [2.75, 3.05) is 13.7 Å². The lowest BCUT2D eigenvalue weighted by Gasteiger charge is -2.37. The highest BCUT2D eigenvalue weighted by molar-refractivity contribution is 7.99. The molecule has 1 aliphatic heterocycles. The average Bonchev–Trinajstić information content (AvgIpc) is 2.81. The van der Waals surface area contributed by atoms with Crippen LogP contribution in [-0.2, 0) is 4.74 Å². The Bertz CT molecular complexity index is 1020. The van der Waals surface area contributed by atoms with Crippen LogP contribution in [0, 0.1) is 17.5 Å². The summed E-state index contributed by atoms with van der Waals surface area (Å²) in [6, 6.07) is 7.53. The molecule has 0 aromatic heterocycles. The van der Waals surface area contributed by atoms with Gasteiger partial charge in [0.05, 0.1) is 19.3 Å². The average molecular weight is 486 g/mol. The number of hydrogen-bond donors (Lipinski definition) is 5. The number of benzene rings is 2. The second kappa shape index (κ2) is 11.0. The van der Waals surface area contributed by atoms with E-state index >= 15 is 0 Å². The topological polar surface area (TPSA) is 119 Å². The Morgan fingerprint density at radius 1 is 1.18 bits per heavy atom. The van der Waals surface area contributed by atoms with E-state index in [1.807, 2.05) is 0 Å². The Morgan fingerprint density at radius 3 is 2.48 bits per heavy atom. The second-order valence-electron chi connectivity index (χ2n) is 7.22. The molecule has 1 heterocycles. The van der Waals surface area contributed by atoms with Crippen molar-refractivity contribution < 1.29 is 43.0 Å². The molecule has 3 unspecified atom stereocenters. The van der Waals surface area contributed by atoms with Crippen LogP contribution >= 0.6 is 11.8 Å². The van der Waals surface area contributed by atoms with E-state index in [1.54, 1.807) is 24.3 Å². The molecule has 1 saturated heterocycles. The molecule has 6 N–H and O–H groups in total. The third-order valence-electron chi connectivity index (χ3n) is 5.11. The van der Waals surface area contributed by atoms with E-state index in [2.05, 4.69) is 4.99 Å². The van der Waals surface area contributed by atoms with Gasteiger partial charge >= 0.3 is 0 Å². The lowest BCUT2D eigenvalue weighted by atomic mass is 9.97. The summed E-state index contributed by atoms with van der Waals surface area (Å²) in [7, 11) is 1.52. The number of ether oxygens (including phenoxy) is 2. The monoisotopic (exact) mass is 485 g/mol. The Labute approximate surface area is 192 Å². The third-order valence-corrected chi connectivity index (χ3v) is 6.25. The van der Waals surface area contributed by atoms with Gasteiger partial charge in [-0.25, -0.2) is 18.2 Å². The minimum absolute atomic E-state index is 0.0570. The zero-order valence-electron chi connectivity index (χ0n) is 17.5. The molecule has 5 atom stereocenters. The van der Waals surface area contributed by atoms with Crippen molar-refractivity contribution in [1.29, 1.82) is 0 Å². The number of aliphatic hydroxyl groups excluding tert-OH is 3. The minimum Gasteiger partial charge on any atom is -0.497 e. The molecule has 0 bridgehead atoms. The molecule has 7 nitrogen and oxygen atoms in total. The largest absolute Gasteiger partial charge is 0.497 e. The third kappa shape index (κ3) is 5.68. The van der Waals surface area contributed by atoms with E-state index < -0.39 is 53.8 Å². The van der Waals surface area contributed by atoms with Crippen molar-refractivity contribution in [2.24, 2.45) is 5.73 Å². The predicted molar refractivity (Wildman–Crippen MR) is 116 cm³/mol. The van der Waals surface area contributed by atoms with Gasteiger partial charge in [-0.2, -0.15) is 0 Å². The first-order valence-electron chi connectivity index (χ1n) is 9.88. The fraction of sp³-hybridized carbons (Fsp3) is 0.318. The van der Waals surface area contributed by atoms with Crippen molar-refractivity contribution in [1.82, 2.24) is 0 Å². The van der Waals surface area contributed by atoms with Crippen LogP contribution in [-0.4, -0.2) is 65.0 Å². The van der Waals surface area contributed by atoms with Crippen LogP contribution in [0.25, 0.3) is 5.57 Å². The van der Waals surface area contributed by atoms with E-state index in [4.69, 9.17) is 15.2 Å². The van der Waals surface area contributed by atoms with Crippen LogP contribution in [0.4, 0.5) is 13.2 Å². The molecule has 0 spiro atoms. The Kier molecular flexibility index (Phi) is 8.38. The van der Waals surface area contributed by atoms with Gasteiger partial charge in [0.2, 0.25) is 6.04 Å². The molecule has 0 amide bonds. The molecule has 2 aromatic carbocycles. The van der Waals surface area contributed by atoms with Crippen LogP contribution in [0.1, 0.15) is 5.56 Å². The standard InChI is InChI=1S/C22H23F3N2O5S/c1-31-13-3-2-4-14(7-13)33-22-21(30)19(20(29)17(10-28)32-22)27-9-12(8-26)11-5-15(23)18(25)16(24)6-11/h2-9,17,19-22,28-30H,10,26H2,1H3/p+1/t17?,19?,20-,21?,22+/m0/s1. The summed E-state index contributed by atoms with van der Waals surface area (Å²) in [5.41, 5.74) is 4.70. The summed E-state index contributed by atoms with van der Waals surface area (Å²) < 4.78 is 51.3. The number of rotatable bonds is 7. The molecular formula is C22H24F3N2O5S+. The molecule has 33 heavy (non-hydrogen) atoms. The second-order valence-corrected chi connectivity index (χ2v) is 8.39. The van der Waals surface area contributed by atoms with Gasteiger partial charge in [-0.1, -0.05) is 17.8 Å². The molecule has 0 saturated carbocycles. The van der Waals surface area contributed by atoms with Crippen molar-refractivity contribution in [3.63, 3.8) is 0 Å². The zero-order valence-corrected chi connectivity index (χ0v) is 18.3. The molecule has 11 heteroatoms. The molecule has 178 valence electrons. The van der Waals surface area contributed by atoms with E-state index in [0.29, 0.717) is 10.6 Å². The number of hydrogen-bond acceptors (Lipinski definition) is 7. The van der Waals surface area contributed by atoms with Gasteiger partial charge in [0.15, 0.2) is 29.8 Å². The van der Waals surface area contributed by atoms with Crippen molar-refractivity contribution >= 4 is 23.5 Å². The van der Waals surface area contributed by atoms with E-state index in [1.165, 1.54) is 13.3 Å². The van der Waals surface area contributed by atoms with Gasteiger partial charge in [0.1, 0.15) is 23.4 Å². The van der Waals surface area contributed by atoms with Crippen molar-refractivity contribution in [2.45, 2.75) is 34.7 Å². The fourth-order valence-corrected chi connectivity index (χ4v) is 4.44. The summed E-state index contributed by atoms with van der Waals surface area (Å²) in [4.78, 5) is 3.50. The molecule has 0 aliphatic carbocycles. The van der Waals surface area contributed by atoms with Gasteiger partial charge < -0.3 is 30.5 Å². The maximum absolute atomic E-state index is 13.6. The van der Waals surface area contributed by atoms with Gasteiger partial charge in [0, 0.05) is 11.1 Å². The van der Waals surface area contributed by atoms with Gasteiger partial charge in [-0.3, -0.25) is 0 Å². The molecular weight excluding hydrogens is 461 g/mol. The molecule has 2 aromatic rings. The first-order valence-corrected chi connectivity index (χ1v) is 10.8. The summed E-state index contributed by atoms with van der Waals surface area (Å²) in [5.74, 6) is -3.79. The Balaban J connectivity index is 1.85. The number of nitrogens with two attached hydrogens (primary N) is 1. The highest BCUT2D eigenvalue weighted by Gasteiger charge is 2.48.